The third kappa shape index (κ3) is 3.25. The van der Waals surface area contributed by atoms with Gasteiger partial charge < -0.3 is 14.7 Å². The number of carbonyl (C=O) groups excluding carboxylic acids is 1. The van der Waals surface area contributed by atoms with E-state index >= 15 is 0 Å². The molecule has 0 aromatic rings. The predicted molar refractivity (Wildman–Crippen MR) is 68.0 cm³/mol. The fraction of sp³-hybridized carbons (Fsp3) is 0.909. The SMILES string of the molecule is CS(=O)(=O)N1CCCC1C(=O)N1CCOC(CO)C1. The van der Waals surface area contributed by atoms with Crippen LogP contribution < -0.4 is 0 Å². The molecule has 110 valence electrons. The summed E-state index contributed by atoms with van der Waals surface area (Å²) in [5, 5.41) is 9.07. The van der Waals surface area contributed by atoms with Crippen molar-refractivity contribution in [2.75, 3.05) is 39.1 Å². The van der Waals surface area contributed by atoms with E-state index in [1.165, 1.54) is 4.31 Å². The van der Waals surface area contributed by atoms with Gasteiger partial charge in [0.2, 0.25) is 15.9 Å². The van der Waals surface area contributed by atoms with E-state index in [9.17, 15) is 13.2 Å². The summed E-state index contributed by atoms with van der Waals surface area (Å²) in [5.41, 5.74) is 0. The van der Waals surface area contributed by atoms with Crippen molar-refractivity contribution in [3.63, 3.8) is 0 Å². The molecule has 2 unspecified atom stereocenters. The van der Waals surface area contributed by atoms with Crippen LogP contribution in [0.25, 0.3) is 0 Å². The Kier molecular flexibility index (Phi) is 4.44. The molecule has 0 aromatic carbocycles. The highest BCUT2D eigenvalue weighted by molar-refractivity contribution is 7.88. The Morgan fingerprint density at radius 2 is 2.16 bits per heavy atom. The van der Waals surface area contributed by atoms with Gasteiger partial charge >= 0.3 is 0 Å². The minimum Gasteiger partial charge on any atom is -0.394 e. The number of carbonyl (C=O) groups is 1. The highest BCUT2D eigenvalue weighted by Gasteiger charge is 2.39. The number of hydrogen-bond acceptors (Lipinski definition) is 5. The number of ether oxygens (including phenoxy) is 1. The topological polar surface area (TPSA) is 87.2 Å². The molecule has 2 fully saturated rings. The number of nitrogens with zero attached hydrogens (tertiary/aromatic N) is 2. The van der Waals surface area contributed by atoms with E-state index in [-0.39, 0.29) is 18.6 Å². The molecule has 8 heteroatoms. The van der Waals surface area contributed by atoms with E-state index in [4.69, 9.17) is 9.84 Å². The van der Waals surface area contributed by atoms with Crippen LogP contribution in [0.3, 0.4) is 0 Å². The highest BCUT2D eigenvalue weighted by atomic mass is 32.2. The Bertz CT molecular complexity index is 438. The van der Waals surface area contributed by atoms with Gasteiger partial charge in [0.15, 0.2) is 0 Å². The molecule has 0 aromatic heterocycles. The summed E-state index contributed by atoms with van der Waals surface area (Å²) in [6.45, 7) is 1.42. The zero-order valence-corrected chi connectivity index (χ0v) is 11.8. The number of rotatable bonds is 3. The molecule has 7 nitrogen and oxygen atoms in total. The Labute approximate surface area is 113 Å². The van der Waals surface area contributed by atoms with Gasteiger partial charge in [-0.05, 0) is 12.8 Å². The van der Waals surface area contributed by atoms with Crippen LogP contribution >= 0.6 is 0 Å². The Morgan fingerprint density at radius 1 is 1.42 bits per heavy atom. The number of aliphatic hydroxyl groups excluding tert-OH is 1. The first-order valence-corrected chi connectivity index (χ1v) is 8.26. The largest absolute Gasteiger partial charge is 0.394 e. The fourth-order valence-electron chi connectivity index (χ4n) is 2.62. The van der Waals surface area contributed by atoms with E-state index in [1.54, 1.807) is 4.90 Å². The van der Waals surface area contributed by atoms with Crippen molar-refractivity contribution in [3.8, 4) is 0 Å². The van der Waals surface area contributed by atoms with Crippen molar-refractivity contribution in [2.24, 2.45) is 0 Å². The second kappa shape index (κ2) is 5.74. The van der Waals surface area contributed by atoms with Crippen molar-refractivity contribution in [1.82, 2.24) is 9.21 Å². The third-order valence-corrected chi connectivity index (χ3v) is 4.86. The molecule has 2 atom stereocenters. The van der Waals surface area contributed by atoms with Crippen LogP contribution in [0.4, 0.5) is 0 Å². The molecular formula is C11H20N2O5S. The molecule has 0 bridgehead atoms. The quantitative estimate of drug-likeness (QED) is 0.693. The van der Waals surface area contributed by atoms with E-state index in [0.717, 1.165) is 6.26 Å². The minimum atomic E-state index is -3.35. The Hall–Kier alpha value is -0.700. The van der Waals surface area contributed by atoms with Crippen molar-refractivity contribution in [2.45, 2.75) is 25.0 Å². The number of hydrogen-bond donors (Lipinski definition) is 1. The summed E-state index contributed by atoms with van der Waals surface area (Å²) in [6, 6.07) is -0.590. The van der Waals surface area contributed by atoms with Gasteiger partial charge in [0.1, 0.15) is 6.04 Å². The number of sulfonamides is 1. The van der Waals surface area contributed by atoms with E-state index in [2.05, 4.69) is 0 Å². The second-order valence-corrected chi connectivity index (χ2v) is 6.93. The molecule has 0 saturated carbocycles. The molecule has 0 radical (unpaired) electrons. The molecule has 2 aliphatic rings. The van der Waals surface area contributed by atoms with Crippen LogP contribution in [0.1, 0.15) is 12.8 Å². The number of amides is 1. The van der Waals surface area contributed by atoms with Crippen molar-refractivity contribution in [3.05, 3.63) is 0 Å². The van der Waals surface area contributed by atoms with Gasteiger partial charge in [-0.25, -0.2) is 8.42 Å². The van der Waals surface area contributed by atoms with Crippen LogP contribution in [0.5, 0.6) is 0 Å². The van der Waals surface area contributed by atoms with Gasteiger partial charge in [-0.2, -0.15) is 4.31 Å². The van der Waals surface area contributed by atoms with Crippen molar-refractivity contribution < 1.29 is 23.1 Å². The zero-order chi connectivity index (χ0) is 14.0. The maximum absolute atomic E-state index is 12.4. The molecule has 1 N–H and O–H groups in total. The molecule has 1 amide bonds. The number of morpholine rings is 1. The first-order valence-electron chi connectivity index (χ1n) is 6.41. The van der Waals surface area contributed by atoms with Gasteiger partial charge in [-0.1, -0.05) is 0 Å². The van der Waals surface area contributed by atoms with E-state index in [0.29, 0.717) is 39.1 Å². The van der Waals surface area contributed by atoms with E-state index in [1.807, 2.05) is 0 Å². The molecule has 2 heterocycles. The maximum atomic E-state index is 12.4. The molecule has 2 aliphatic heterocycles. The first-order chi connectivity index (χ1) is 8.93. The summed E-state index contributed by atoms with van der Waals surface area (Å²) < 4.78 is 29.8. The van der Waals surface area contributed by atoms with Crippen LogP contribution in [0.15, 0.2) is 0 Å². The lowest BCUT2D eigenvalue weighted by molar-refractivity contribution is -0.143. The summed E-state index contributed by atoms with van der Waals surface area (Å²) in [7, 11) is -3.35. The van der Waals surface area contributed by atoms with Crippen LogP contribution in [0.2, 0.25) is 0 Å². The molecule has 2 rings (SSSR count). The normalized spacial score (nSPS) is 29.7. The standard InChI is InChI=1S/C11H20N2O5S/c1-19(16,17)13-4-2-3-10(13)11(15)12-5-6-18-9(7-12)8-14/h9-10,14H,2-8H2,1H3. The smallest absolute Gasteiger partial charge is 0.241 e. The molecule has 0 spiro atoms. The van der Waals surface area contributed by atoms with E-state index < -0.39 is 16.1 Å². The molecule has 2 saturated heterocycles. The second-order valence-electron chi connectivity index (χ2n) is 4.99. The Morgan fingerprint density at radius 3 is 2.79 bits per heavy atom. The lowest BCUT2D eigenvalue weighted by Gasteiger charge is -2.35. The van der Waals surface area contributed by atoms with Crippen molar-refractivity contribution >= 4 is 15.9 Å². The first kappa shape index (κ1) is 14.7. The molecular weight excluding hydrogens is 272 g/mol. The predicted octanol–water partition coefficient (Wildman–Crippen LogP) is -1.37. The summed E-state index contributed by atoms with van der Waals surface area (Å²) >= 11 is 0. The van der Waals surface area contributed by atoms with Gasteiger partial charge in [0.25, 0.3) is 0 Å². The summed E-state index contributed by atoms with van der Waals surface area (Å²) in [6.07, 6.45) is 2.03. The maximum Gasteiger partial charge on any atom is 0.241 e. The lowest BCUT2D eigenvalue weighted by Crippen LogP contribution is -2.53. The van der Waals surface area contributed by atoms with Gasteiger partial charge in [-0.15, -0.1) is 0 Å². The average Bonchev–Trinajstić information content (AvgIpc) is 2.87. The van der Waals surface area contributed by atoms with Crippen molar-refractivity contribution in [1.29, 1.82) is 0 Å². The summed E-state index contributed by atoms with van der Waals surface area (Å²) in [4.78, 5) is 14.0. The average molecular weight is 292 g/mol. The minimum absolute atomic E-state index is 0.135. The highest BCUT2D eigenvalue weighted by Crippen LogP contribution is 2.23. The monoisotopic (exact) mass is 292 g/mol. The molecule has 0 aliphatic carbocycles. The fourth-order valence-corrected chi connectivity index (χ4v) is 3.74. The van der Waals surface area contributed by atoms with Gasteiger partial charge in [-0.3, -0.25) is 4.79 Å². The molecule has 19 heavy (non-hydrogen) atoms. The van der Waals surface area contributed by atoms with Gasteiger partial charge in [0, 0.05) is 19.6 Å². The summed E-state index contributed by atoms with van der Waals surface area (Å²) in [5.74, 6) is -0.176. The van der Waals surface area contributed by atoms with Gasteiger partial charge in [0.05, 0.1) is 25.6 Å². The lowest BCUT2D eigenvalue weighted by atomic mass is 10.2. The van der Waals surface area contributed by atoms with Crippen LogP contribution in [-0.2, 0) is 19.6 Å². The third-order valence-electron chi connectivity index (χ3n) is 3.57. The zero-order valence-electron chi connectivity index (χ0n) is 11.0. The van der Waals surface area contributed by atoms with Crippen LogP contribution in [0, 0.1) is 0 Å². The number of aliphatic hydroxyl groups is 1. The van der Waals surface area contributed by atoms with Crippen LogP contribution in [-0.4, -0.2) is 79.9 Å². The Balaban J connectivity index is 2.06.